The van der Waals surface area contributed by atoms with Crippen molar-refractivity contribution < 1.29 is 0 Å². The molecule has 3 nitrogen and oxygen atoms in total. The molecule has 56 heavy (non-hydrogen) atoms. The van der Waals surface area contributed by atoms with Crippen molar-refractivity contribution in [3.8, 4) is 56.1 Å². The maximum Gasteiger partial charge on any atom is 0.0715 e. The molecule has 0 N–H and O–H groups in total. The number of rotatable bonds is 6. The van der Waals surface area contributed by atoms with E-state index in [1.165, 1.54) is 60.8 Å². The van der Waals surface area contributed by atoms with Gasteiger partial charge in [-0.05, 0) is 78.1 Å². The summed E-state index contributed by atoms with van der Waals surface area (Å²) in [4.78, 5) is 5.13. The molecule has 264 valence electrons. The van der Waals surface area contributed by atoms with Crippen LogP contribution in [-0.4, -0.2) is 14.1 Å². The average Bonchev–Trinajstić information content (AvgIpc) is 3.80. The van der Waals surface area contributed by atoms with Crippen LogP contribution < -0.4 is 0 Å². The number of aromatic nitrogens is 3. The molecule has 3 heteroatoms. The maximum atomic E-state index is 5.13. The van der Waals surface area contributed by atoms with Crippen molar-refractivity contribution in [2.45, 2.75) is 12.8 Å². The zero-order valence-electron chi connectivity index (χ0n) is 30.8. The van der Waals surface area contributed by atoms with E-state index in [1.54, 1.807) is 0 Å². The van der Waals surface area contributed by atoms with E-state index in [0.29, 0.717) is 0 Å². The van der Waals surface area contributed by atoms with E-state index in [4.69, 9.17) is 4.98 Å². The van der Waals surface area contributed by atoms with Gasteiger partial charge >= 0.3 is 0 Å². The third-order valence-electron chi connectivity index (χ3n) is 11.4. The average molecular weight is 716 g/mol. The van der Waals surface area contributed by atoms with Crippen LogP contribution in [0.5, 0.6) is 0 Å². The van der Waals surface area contributed by atoms with E-state index in [0.717, 1.165) is 52.2 Å². The van der Waals surface area contributed by atoms with Crippen molar-refractivity contribution in [2.75, 3.05) is 0 Å². The van der Waals surface area contributed by atoms with Crippen LogP contribution in [0.25, 0.3) is 94.9 Å². The van der Waals surface area contributed by atoms with E-state index >= 15 is 0 Å². The minimum absolute atomic E-state index is 0.963. The lowest BCUT2D eigenvalue weighted by Crippen LogP contribution is -2.05. The largest absolute Gasteiger partial charge is 0.312 e. The van der Waals surface area contributed by atoms with E-state index in [1.807, 2.05) is 0 Å². The molecule has 0 spiro atoms. The highest BCUT2D eigenvalue weighted by Crippen LogP contribution is 2.41. The Morgan fingerprint density at radius 1 is 0.411 bits per heavy atom. The summed E-state index contributed by atoms with van der Waals surface area (Å²) in [5, 5.41) is 3.82. The molecule has 1 aliphatic rings. The molecule has 11 rings (SSSR count). The molecule has 0 bridgehead atoms. The predicted molar refractivity (Wildman–Crippen MR) is 235 cm³/mol. The molecule has 1 aliphatic carbocycles. The topological polar surface area (TPSA) is 22.8 Å². The first-order chi connectivity index (χ1) is 27.8. The van der Waals surface area contributed by atoms with E-state index in [2.05, 4.69) is 209 Å². The second-order valence-corrected chi connectivity index (χ2v) is 14.7. The fraction of sp³-hybridized carbons (Fsp3) is 0.0377. The van der Waals surface area contributed by atoms with Crippen molar-refractivity contribution in [3.05, 3.63) is 205 Å². The number of hydrogen-bond acceptors (Lipinski definition) is 1. The van der Waals surface area contributed by atoms with Crippen molar-refractivity contribution >= 4 is 38.8 Å². The molecule has 3 aromatic heterocycles. The van der Waals surface area contributed by atoms with Gasteiger partial charge in [0.25, 0.3) is 0 Å². The molecule has 0 radical (unpaired) electrons. The maximum absolute atomic E-state index is 5.13. The number of benzene rings is 7. The van der Waals surface area contributed by atoms with Gasteiger partial charge in [0.05, 0.1) is 33.6 Å². The number of hydrogen-bond donors (Lipinski definition) is 0. The minimum Gasteiger partial charge on any atom is -0.312 e. The molecular weight excluding hydrogens is 679 g/mol. The Morgan fingerprint density at radius 2 is 0.946 bits per heavy atom. The molecule has 3 heterocycles. The van der Waals surface area contributed by atoms with Crippen LogP contribution in [0.3, 0.4) is 0 Å². The third-order valence-corrected chi connectivity index (χ3v) is 11.4. The summed E-state index contributed by atoms with van der Waals surface area (Å²) in [6, 6.07) is 67.9. The van der Waals surface area contributed by atoms with Gasteiger partial charge in [-0.15, -0.1) is 0 Å². The summed E-state index contributed by atoms with van der Waals surface area (Å²) in [5.41, 5.74) is 17.5. The molecule has 0 aliphatic heterocycles. The number of nitrogens with zero attached hydrogens (tertiary/aromatic N) is 3. The zero-order chi connectivity index (χ0) is 37.0. The lowest BCUT2D eigenvalue weighted by atomic mass is 9.96. The number of allylic oxidation sites excluding steroid dienone is 1. The van der Waals surface area contributed by atoms with E-state index < -0.39 is 0 Å². The fourth-order valence-electron chi connectivity index (χ4n) is 8.79. The standard InChI is InChI=1S/C53H37N3/c1-3-15-38(16-4-1)47-33-40(34-48(54-47)39-17-5-2-6-18-39)36-27-29-37(30-28-36)46-35-41(55-49-23-11-7-19-42(49)43-20-8-12-24-50(43)55)31-32-53(46)56-51-25-13-9-21-44(51)45-22-10-14-26-52(45)56/h1-13,15-25,27-35H,14,26H2. The summed E-state index contributed by atoms with van der Waals surface area (Å²) < 4.78 is 4.94. The van der Waals surface area contributed by atoms with Gasteiger partial charge in [-0.1, -0.05) is 152 Å². The summed E-state index contributed by atoms with van der Waals surface area (Å²) in [6.45, 7) is 0. The van der Waals surface area contributed by atoms with Gasteiger partial charge < -0.3 is 9.13 Å². The van der Waals surface area contributed by atoms with E-state index in [-0.39, 0.29) is 0 Å². The number of pyridine rings is 1. The monoisotopic (exact) mass is 715 g/mol. The van der Waals surface area contributed by atoms with Gasteiger partial charge in [0.2, 0.25) is 0 Å². The van der Waals surface area contributed by atoms with Gasteiger partial charge in [0.15, 0.2) is 0 Å². The Bertz CT molecular complexity index is 3000. The molecule has 10 aromatic rings. The van der Waals surface area contributed by atoms with Gasteiger partial charge in [-0.2, -0.15) is 0 Å². The van der Waals surface area contributed by atoms with E-state index in [9.17, 15) is 0 Å². The lowest BCUT2D eigenvalue weighted by Gasteiger charge is -2.19. The summed E-state index contributed by atoms with van der Waals surface area (Å²) in [7, 11) is 0. The van der Waals surface area contributed by atoms with Crippen LogP contribution in [0.4, 0.5) is 0 Å². The summed E-state index contributed by atoms with van der Waals surface area (Å²) in [6.07, 6.45) is 6.67. The van der Waals surface area contributed by atoms with Gasteiger partial charge in [-0.3, -0.25) is 0 Å². The second kappa shape index (κ2) is 13.3. The Labute approximate surface area is 326 Å². The Balaban J connectivity index is 1.11. The lowest BCUT2D eigenvalue weighted by molar-refractivity contribution is 0.889. The molecule has 0 unspecified atom stereocenters. The van der Waals surface area contributed by atoms with Crippen LogP contribution in [0, 0.1) is 0 Å². The molecule has 0 fully saturated rings. The summed E-state index contributed by atoms with van der Waals surface area (Å²) >= 11 is 0. The number of fused-ring (bicyclic) bond motifs is 6. The van der Waals surface area contributed by atoms with Crippen LogP contribution >= 0.6 is 0 Å². The zero-order valence-corrected chi connectivity index (χ0v) is 30.8. The first-order valence-corrected chi connectivity index (χ1v) is 19.4. The highest BCUT2D eigenvalue weighted by atomic mass is 15.0. The molecule has 0 amide bonds. The number of para-hydroxylation sites is 3. The first kappa shape index (κ1) is 32.2. The highest BCUT2D eigenvalue weighted by molar-refractivity contribution is 6.09. The van der Waals surface area contributed by atoms with Crippen LogP contribution in [0.2, 0.25) is 0 Å². The SMILES string of the molecule is C1=Cc2c(n(-c3ccc(-n4c5ccccc5c5ccccc54)cc3-c3ccc(-c4cc(-c5ccccc5)nc(-c5ccccc5)c4)cc3)c3ccccc23)CC1. The highest BCUT2D eigenvalue weighted by Gasteiger charge is 2.22. The minimum atomic E-state index is 0.963. The normalized spacial score (nSPS) is 12.4. The Hall–Kier alpha value is -7.23. The third kappa shape index (κ3) is 5.32. The summed E-state index contributed by atoms with van der Waals surface area (Å²) in [5.74, 6) is 0. The first-order valence-electron chi connectivity index (χ1n) is 19.4. The van der Waals surface area contributed by atoms with Gasteiger partial charge in [0.1, 0.15) is 0 Å². The van der Waals surface area contributed by atoms with Crippen molar-refractivity contribution in [3.63, 3.8) is 0 Å². The second-order valence-electron chi connectivity index (χ2n) is 14.7. The van der Waals surface area contributed by atoms with Gasteiger partial charge in [0, 0.05) is 49.8 Å². The smallest absolute Gasteiger partial charge is 0.0715 e. The van der Waals surface area contributed by atoms with Crippen LogP contribution in [0.15, 0.2) is 194 Å². The molecule has 7 aromatic carbocycles. The molecule has 0 saturated heterocycles. The Morgan fingerprint density at radius 3 is 1.57 bits per heavy atom. The van der Waals surface area contributed by atoms with Crippen LogP contribution in [0.1, 0.15) is 17.7 Å². The molecule has 0 saturated carbocycles. The molecular formula is C53H37N3. The predicted octanol–water partition coefficient (Wildman–Crippen LogP) is 13.7. The van der Waals surface area contributed by atoms with Crippen molar-refractivity contribution in [2.24, 2.45) is 0 Å². The fourth-order valence-corrected chi connectivity index (χ4v) is 8.79. The quantitative estimate of drug-likeness (QED) is 0.168. The van der Waals surface area contributed by atoms with Crippen molar-refractivity contribution in [1.29, 1.82) is 0 Å². The Kier molecular flexibility index (Phi) is 7.63. The van der Waals surface area contributed by atoms with Crippen LogP contribution in [-0.2, 0) is 6.42 Å². The van der Waals surface area contributed by atoms with Crippen molar-refractivity contribution in [1.82, 2.24) is 14.1 Å². The molecule has 0 atom stereocenters. The van der Waals surface area contributed by atoms with Gasteiger partial charge in [-0.25, -0.2) is 4.98 Å².